The number of carbonyl (C=O) groups excluding carboxylic acids is 1. The monoisotopic (exact) mass is 385 g/mol. The third-order valence-electron chi connectivity index (χ3n) is 4.68. The summed E-state index contributed by atoms with van der Waals surface area (Å²) in [5, 5.41) is 13.1. The molecule has 142 valence electrons. The molecule has 0 saturated heterocycles. The van der Waals surface area contributed by atoms with E-state index < -0.39 is 0 Å². The number of hydrogen-bond donors (Lipinski definition) is 1. The predicted octanol–water partition coefficient (Wildman–Crippen LogP) is 3.23. The molecule has 1 N–H and O–H groups in total. The molecule has 1 aliphatic rings. The molecular weight excluding hydrogens is 362 g/mol. The highest BCUT2D eigenvalue weighted by molar-refractivity contribution is 6.30. The van der Waals surface area contributed by atoms with E-state index in [0.717, 1.165) is 31.5 Å². The first-order valence-corrected chi connectivity index (χ1v) is 9.77. The van der Waals surface area contributed by atoms with Crippen LogP contribution >= 0.6 is 11.6 Å². The van der Waals surface area contributed by atoms with E-state index >= 15 is 0 Å². The summed E-state index contributed by atoms with van der Waals surface area (Å²) in [6, 6.07) is 10.3. The first-order chi connectivity index (χ1) is 13.0. The molecule has 27 heavy (non-hydrogen) atoms. The third-order valence-corrected chi connectivity index (χ3v) is 4.91. The van der Waals surface area contributed by atoms with Gasteiger partial charge in [-0.25, -0.2) is 0 Å². The minimum absolute atomic E-state index is 0.0738. The summed E-state index contributed by atoms with van der Waals surface area (Å²) in [6.07, 6.45) is 3.75. The molecule has 0 radical (unpaired) electrons. The van der Waals surface area contributed by atoms with E-state index in [9.17, 15) is 9.90 Å². The zero-order valence-corrected chi connectivity index (χ0v) is 16.4. The molecule has 5 heteroatoms. The first-order valence-electron chi connectivity index (χ1n) is 9.39. The summed E-state index contributed by atoms with van der Waals surface area (Å²) in [5.74, 6) is 0.381. The van der Waals surface area contributed by atoms with Crippen molar-refractivity contribution < 1.29 is 19.5 Å². The standard InChI is InChI=1S/C22H24ClNO3/c1-3-10-24(11-4-2)14-18-19(25)9-8-17-21(26)20(27-22(17)18)13-15-6-5-7-16(23)12-15/h5-9,12-13,25H,3-4,10-11,14H2,1-2H3. The molecule has 0 fully saturated rings. The summed E-state index contributed by atoms with van der Waals surface area (Å²) in [7, 11) is 0. The Hall–Kier alpha value is -2.30. The Bertz CT molecular complexity index is 870. The van der Waals surface area contributed by atoms with Gasteiger partial charge < -0.3 is 14.7 Å². The van der Waals surface area contributed by atoms with Crippen molar-refractivity contribution in [1.29, 1.82) is 0 Å². The smallest absolute Gasteiger partial charge is 0.231 e. The maximum absolute atomic E-state index is 12.8. The van der Waals surface area contributed by atoms with E-state index in [-0.39, 0.29) is 17.3 Å². The molecule has 0 aromatic heterocycles. The summed E-state index contributed by atoms with van der Waals surface area (Å²) in [4.78, 5) is 14.1. The number of rotatable bonds is 7. The van der Waals surface area contributed by atoms with E-state index in [0.29, 0.717) is 28.4 Å². The number of hydrogen-bond acceptors (Lipinski definition) is 3. The summed E-state index contributed by atoms with van der Waals surface area (Å²) in [6.45, 7) is 6.80. The molecule has 0 aliphatic carbocycles. The quantitative estimate of drug-likeness (QED) is 0.744. The maximum Gasteiger partial charge on any atom is 0.231 e. The second kappa shape index (κ2) is 8.59. The van der Waals surface area contributed by atoms with Gasteiger partial charge >= 0.3 is 0 Å². The number of carbonyl (C=O) groups is 1. The Balaban J connectivity index is 1.93. The molecular formula is C22H24ClNO3. The second-order valence-electron chi connectivity index (χ2n) is 6.84. The number of fused-ring (bicyclic) bond motifs is 1. The van der Waals surface area contributed by atoms with Gasteiger partial charge in [-0.15, -0.1) is 0 Å². The highest BCUT2D eigenvalue weighted by Crippen LogP contribution is 2.38. The Morgan fingerprint density at radius 1 is 1.15 bits per heavy atom. The van der Waals surface area contributed by atoms with Crippen molar-refractivity contribution in [2.75, 3.05) is 13.1 Å². The lowest BCUT2D eigenvalue weighted by molar-refractivity contribution is -0.914. The summed E-state index contributed by atoms with van der Waals surface area (Å²) in [5.41, 5.74) is 1.84. The average Bonchev–Trinajstić information content (AvgIpc) is 2.94. The Morgan fingerprint density at radius 3 is 2.56 bits per heavy atom. The van der Waals surface area contributed by atoms with Crippen LogP contribution in [0.15, 0.2) is 42.2 Å². The fraction of sp³-hybridized carbons (Fsp3) is 0.318. The maximum atomic E-state index is 12.8. The van der Waals surface area contributed by atoms with Crippen LogP contribution in [0.5, 0.6) is 11.5 Å². The average molecular weight is 386 g/mol. The molecule has 0 atom stereocenters. The summed E-state index contributed by atoms with van der Waals surface area (Å²) >= 11 is 6.02. The number of Topliss-reactive ketones (excluding diaryl/α,β-unsaturated/α-hetero) is 1. The van der Waals surface area contributed by atoms with Crippen molar-refractivity contribution in [2.45, 2.75) is 33.2 Å². The van der Waals surface area contributed by atoms with Crippen molar-refractivity contribution in [3.05, 3.63) is 63.9 Å². The van der Waals surface area contributed by atoms with Crippen molar-refractivity contribution in [1.82, 2.24) is 0 Å². The van der Waals surface area contributed by atoms with Crippen LogP contribution in [0.2, 0.25) is 5.02 Å². The molecule has 0 amide bonds. The van der Waals surface area contributed by atoms with Gasteiger partial charge in [0.25, 0.3) is 0 Å². The number of nitrogens with one attached hydrogen (secondary N) is 1. The number of ether oxygens (including phenoxy) is 1. The summed E-state index contributed by atoms with van der Waals surface area (Å²) < 4.78 is 5.89. The van der Waals surface area contributed by atoms with E-state index in [2.05, 4.69) is 13.8 Å². The van der Waals surface area contributed by atoms with E-state index in [1.54, 1.807) is 24.3 Å². The molecule has 0 bridgehead atoms. The van der Waals surface area contributed by atoms with E-state index in [1.165, 1.54) is 11.0 Å². The Morgan fingerprint density at radius 2 is 1.89 bits per heavy atom. The van der Waals surface area contributed by atoms with Crippen LogP contribution in [0.4, 0.5) is 0 Å². The molecule has 0 saturated carbocycles. The number of halogens is 1. The number of quaternary nitrogens is 1. The highest BCUT2D eigenvalue weighted by Gasteiger charge is 2.30. The Kier molecular flexibility index (Phi) is 6.19. The zero-order chi connectivity index (χ0) is 19.4. The molecule has 2 aromatic carbocycles. The van der Waals surface area contributed by atoms with Crippen LogP contribution in [-0.2, 0) is 6.54 Å². The fourth-order valence-corrected chi connectivity index (χ4v) is 3.66. The van der Waals surface area contributed by atoms with Crippen molar-refractivity contribution in [3.63, 3.8) is 0 Å². The van der Waals surface area contributed by atoms with Gasteiger partial charge in [0.2, 0.25) is 5.78 Å². The van der Waals surface area contributed by atoms with Crippen LogP contribution in [-0.4, -0.2) is 18.9 Å². The van der Waals surface area contributed by atoms with Gasteiger partial charge in [-0.1, -0.05) is 49.4 Å². The van der Waals surface area contributed by atoms with Crippen molar-refractivity contribution in [3.8, 4) is 11.5 Å². The Labute approximate surface area is 165 Å². The van der Waals surface area contributed by atoms with Gasteiger partial charge in [-0.3, -0.25) is 4.79 Å². The highest BCUT2D eigenvalue weighted by atomic mass is 35.5. The van der Waals surface area contributed by atoms with Crippen LogP contribution < -0.4 is 14.7 Å². The van der Waals surface area contributed by atoms with Gasteiger partial charge in [0.1, 0.15) is 12.3 Å². The van der Waals surface area contributed by atoms with Crippen molar-refractivity contribution in [2.24, 2.45) is 0 Å². The molecule has 3 rings (SSSR count). The van der Waals surface area contributed by atoms with Gasteiger partial charge in [-0.2, -0.15) is 0 Å². The minimum Gasteiger partial charge on any atom is -0.872 e. The number of allylic oxidation sites excluding steroid dienone is 1. The largest absolute Gasteiger partial charge is 0.872 e. The minimum atomic E-state index is -0.196. The normalized spacial score (nSPS) is 14.7. The lowest BCUT2D eigenvalue weighted by Crippen LogP contribution is -3.10. The predicted molar refractivity (Wildman–Crippen MR) is 105 cm³/mol. The lowest BCUT2D eigenvalue weighted by atomic mass is 10.0. The van der Waals surface area contributed by atoms with Crippen LogP contribution in [0.25, 0.3) is 6.08 Å². The fourth-order valence-electron chi connectivity index (χ4n) is 3.46. The first kappa shape index (κ1) is 19.5. The molecule has 2 aromatic rings. The molecule has 1 aliphatic heterocycles. The van der Waals surface area contributed by atoms with Crippen LogP contribution in [0.3, 0.4) is 0 Å². The van der Waals surface area contributed by atoms with Crippen LogP contribution in [0.1, 0.15) is 48.2 Å². The second-order valence-corrected chi connectivity index (χ2v) is 7.28. The van der Waals surface area contributed by atoms with Gasteiger partial charge in [0, 0.05) is 10.6 Å². The molecule has 1 heterocycles. The van der Waals surface area contributed by atoms with Crippen molar-refractivity contribution >= 4 is 23.5 Å². The molecule has 0 unspecified atom stereocenters. The van der Waals surface area contributed by atoms with Gasteiger partial charge in [-0.05, 0) is 42.7 Å². The molecule has 4 nitrogen and oxygen atoms in total. The van der Waals surface area contributed by atoms with Gasteiger partial charge in [0.15, 0.2) is 5.76 Å². The van der Waals surface area contributed by atoms with E-state index in [1.807, 2.05) is 12.1 Å². The number of benzene rings is 2. The van der Waals surface area contributed by atoms with Gasteiger partial charge in [0.05, 0.1) is 18.7 Å². The molecule has 0 spiro atoms. The number of ketones is 1. The van der Waals surface area contributed by atoms with E-state index in [4.69, 9.17) is 16.3 Å². The third kappa shape index (κ3) is 4.34. The van der Waals surface area contributed by atoms with Crippen LogP contribution in [0, 0.1) is 0 Å². The topological polar surface area (TPSA) is 53.8 Å². The SMILES string of the molecule is CCC[NH+](CCC)Cc1c([O-])ccc2c1OC(=Cc1cccc(Cl)c1)C2=O. The zero-order valence-electron chi connectivity index (χ0n) is 15.7. The lowest BCUT2D eigenvalue weighted by Gasteiger charge is -2.23.